The van der Waals surface area contributed by atoms with Crippen LogP contribution in [0.15, 0.2) is 30.3 Å². The molecule has 0 fully saturated rings. The second-order valence-electron chi connectivity index (χ2n) is 3.80. The van der Waals surface area contributed by atoms with E-state index in [0.29, 0.717) is 5.88 Å². The molecule has 2 nitrogen and oxygen atoms in total. The van der Waals surface area contributed by atoms with Crippen molar-refractivity contribution < 1.29 is 4.74 Å². The molecule has 0 aliphatic heterocycles. The van der Waals surface area contributed by atoms with Crippen molar-refractivity contribution in [1.29, 1.82) is 0 Å². The average Bonchev–Trinajstić information content (AvgIpc) is 2.31. The maximum Gasteiger partial charge on any atom is 0.0474 e. The van der Waals surface area contributed by atoms with Crippen molar-refractivity contribution in [2.75, 3.05) is 32.7 Å². The van der Waals surface area contributed by atoms with Crippen LogP contribution in [0.4, 0.5) is 0 Å². The molecule has 0 radical (unpaired) electrons. The first kappa shape index (κ1) is 13.5. The number of alkyl halides is 1. The molecule has 0 aliphatic rings. The van der Waals surface area contributed by atoms with Crippen molar-refractivity contribution in [3.8, 4) is 0 Å². The van der Waals surface area contributed by atoms with Gasteiger partial charge in [-0.3, -0.25) is 4.90 Å². The van der Waals surface area contributed by atoms with E-state index in [0.717, 1.165) is 32.7 Å². The second-order valence-corrected chi connectivity index (χ2v) is 4.18. The van der Waals surface area contributed by atoms with Gasteiger partial charge in [0, 0.05) is 39.2 Å². The highest BCUT2D eigenvalue weighted by Gasteiger charge is 2.04. The second kappa shape index (κ2) is 8.57. The first-order chi connectivity index (χ1) is 7.86. The highest BCUT2D eigenvalue weighted by atomic mass is 35.5. The van der Waals surface area contributed by atoms with Crippen LogP contribution in [0.5, 0.6) is 0 Å². The zero-order valence-corrected chi connectivity index (χ0v) is 10.6. The predicted molar refractivity (Wildman–Crippen MR) is 68.9 cm³/mol. The summed E-state index contributed by atoms with van der Waals surface area (Å²) in [6.07, 6.45) is 1.06. The van der Waals surface area contributed by atoms with E-state index in [9.17, 15) is 0 Å². The molecule has 0 aromatic heterocycles. The molecule has 0 unspecified atom stereocenters. The van der Waals surface area contributed by atoms with Gasteiger partial charge in [0.05, 0.1) is 0 Å². The molecule has 0 N–H and O–H groups in total. The number of rotatable bonds is 8. The molecule has 0 aliphatic carbocycles. The van der Waals surface area contributed by atoms with Crippen LogP contribution in [-0.2, 0) is 11.3 Å². The van der Waals surface area contributed by atoms with Crippen LogP contribution in [0.2, 0.25) is 0 Å². The molecule has 0 atom stereocenters. The fourth-order valence-corrected chi connectivity index (χ4v) is 1.90. The third-order valence-electron chi connectivity index (χ3n) is 2.47. The van der Waals surface area contributed by atoms with E-state index < -0.39 is 0 Å². The van der Waals surface area contributed by atoms with E-state index >= 15 is 0 Å². The van der Waals surface area contributed by atoms with Gasteiger partial charge >= 0.3 is 0 Å². The summed E-state index contributed by atoms with van der Waals surface area (Å²) >= 11 is 5.80. The van der Waals surface area contributed by atoms with Gasteiger partial charge in [-0.1, -0.05) is 30.3 Å². The number of nitrogens with zero attached hydrogens (tertiary/aromatic N) is 1. The van der Waals surface area contributed by atoms with Crippen molar-refractivity contribution >= 4 is 11.6 Å². The predicted octanol–water partition coefficient (Wildman–Crippen LogP) is 2.76. The fraction of sp³-hybridized carbons (Fsp3) is 0.538. The monoisotopic (exact) mass is 241 g/mol. The van der Waals surface area contributed by atoms with E-state index in [2.05, 4.69) is 29.2 Å². The number of ether oxygens (including phenoxy) is 1. The molecule has 0 saturated heterocycles. The zero-order valence-electron chi connectivity index (χ0n) is 9.86. The average molecular weight is 242 g/mol. The SMILES string of the molecule is COCCCN(CCCl)Cc1ccccc1. The summed E-state index contributed by atoms with van der Waals surface area (Å²) in [6.45, 7) is 3.75. The van der Waals surface area contributed by atoms with Gasteiger partial charge in [-0.15, -0.1) is 11.6 Å². The maximum atomic E-state index is 5.80. The molecule has 1 rings (SSSR count). The van der Waals surface area contributed by atoms with Crippen molar-refractivity contribution in [3.63, 3.8) is 0 Å². The van der Waals surface area contributed by atoms with Crippen LogP contribution >= 0.6 is 11.6 Å². The zero-order chi connectivity index (χ0) is 11.6. The summed E-state index contributed by atoms with van der Waals surface area (Å²) in [5.41, 5.74) is 1.34. The molecule has 0 bridgehead atoms. The number of benzene rings is 1. The highest BCUT2D eigenvalue weighted by molar-refractivity contribution is 6.18. The molecular weight excluding hydrogens is 222 g/mol. The van der Waals surface area contributed by atoms with Gasteiger partial charge in [0.1, 0.15) is 0 Å². The Morgan fingerprint density at radius 1 is 1.19 bits per heavy atom. The van der Waals surface area contributed by atoms with Crippen LogP contribution in [0, 0.1) is 0 Å². The largest absolute Gasteiger partial charge is 0.385 e. The van der Waals surface area contributed by atoms with Gasteiger partial charge in [0.15, 0.2) is 0 Å². The summed E-state index contributed by atoms with van der Waals surface area (Å²) in [5, 5.41) is 0. The molecule has 1 aromatic carbocycles. The summed E-state index contributed by atoms with van der Waals surface area (Å²) in [4.78, 5) is 2.36. The molecular formula is C13H20ClNO. The van der Waals surface area contributed by atoms with Crippen molar-refractivity contribution in [3.05, 3.63) is 35.9 Å². The number of hydrogen-bond donors (Lipinski definition) is 0. The third-order valence-corrected chi connectivity index (χ3v) is 2.64. The lowest BCUT2D eigenvalue weighted by Crippen LogP contribution is -2.27. The number of halogens is 1. The number of hydrogen-bond acceptors (Lipinski definition) is 2. The molecule has 90 valence electrons. The van der Waals surface area contributed by atoms with Gasteiger partial charge in [-0.05, 0) is 12.0 Å². The normalized spacial score (nSPS) is 10.9. The Kier molecular flexibility index (Phi) is 7.23. The van der Waals surface area contributed by atoms with Gasteiger partial charge in [-0.25, -0.2) is 0 Å². The maximum absolute atomic E-state index is 5.80. The van der Waals surface area contributed by atoms with E-state index in [1.165, 1.54) is 5.56 Å². The lowest BCUT2D eigenvalue weighted by molar-refractivity contribution is 0.172. The van der Waals surface area contributed by atoms with Crippen molar-refractivity contribution in [1.82, 2.24) is 4.90 Å². The minimum absolute atomic E-state index is 0.680. The Bertz CT molecular complexity index is 266. The van der Waals surface area contributed by atoms with Crippen LogP contribution in [0.3, 0.4) is 0 Å². The first-order valence-corrected chi connectivity index (χ1v) is 6.21. The Labute approximate surface area is 103 Å². The van der Waals surface area contributed by atoms with E-state index in [-0.39, 0.29) is 0 Å². The van der Waals surface area contributed by atoms with Gasteiger partial charge < -0.3 is 4.74 Å². The third kappa shape index (κ3) is 5.50. The standard InChI is InChI=1S/C13H20ClNO/c1-16-11-5-9-15(10-8-14)12-13-6-3-2-4-7-13/h2-4,6-7H,5,8-12H2,1H3. The topological polar surface area (TPSA) is 12.5 Å². The van der Waals surface area contributed by atoms with Gasteiger partial charge in [-0.2, -0.15) is 0 Å². The van der Waals surface area contributed by atoms with Crippen molar-refractivity contribution in [2.45, 2.75) is 13.0 Å². The summed E-state index contributed by atoms with van der Waals surface area (Å²) in [6, 6.07) is 10.5. The number of methoxy groups -OCH3 is 1. The van der Waals surface area contributed by atoms with Crippen LogP contribution < -0.4 is 0 Å². The first-order valence-electron chi connectivity index (χ1n) is 5.68. The van der Waals surface area contributed by atoms with Gasteiger partial charge in [0.25, 0.3) is 0 Å². The minimum atomic E-state index is 0.680. The van der Waals surface area contributed by atoms with Gasteiger partial charge in [0.2, 0.25) is 0 Å². The lowest BCUT2D eigenvalue weighted by Gasteiger charge is -2.21. The molecule has 16 heavy (non-hydrogen) atoms. The van der Waals surface area contributed by atoms with Crippen LogP contribution in [0.1, 0.15) is 12.0 Å². The minimum Gasteiger partial charge on any atom is -0.385 e. The Balaban J connectivity index is 2.38. The molecule has 0 spiro atoms. The van der Waals surface area contributed by atoms with Crippen LogP contribution in [-0.4, -0.2) is 37.6 Å². The molecule has 0 amide bonds. The van der Waals surface area contributed by atoms with E-state index in [4.69, 9.17) is 16.3 Å². The smallest absolute Gasteiger partial charge is 0.0474 e. The Morgan fingerprint density at radius 2 is 1.94 bits per heavy atom. The summed E-state index contributed by atoms with van der Waals surface area (Å²) in [7, 11) is 1.74. The quantitative estimate of drug-likeness (QED) is 0.513. The molecule has 0 heterocycles. The van der Waals surface area contributed by atoms with Crippen molar-refractivity contribution in [2.24, 2.45) is 0 Å². The lowest BCUT2D eigenvalue weighted by atomic mass is 10.2. The summed E-state index contributed by atoms with van der Waals surface area (Å²) in [5.74, 6) is 0.680. The van der Waals surface area contributed by atoms with E-state index in [1.54, 1.807) is 7.11 Å². The molecule has 0 saturated carbocycles. The highest BCUT2D eigenvalue weighted by Crippen LogP contribution is 2.05. The summed E-state index contributed by atoms with van der Waals surface area (Å²) < 4.78 is 5.06. The molecule has 1 aromatic rings. The fourth-order valence-electron chi connectivity index (χ4n) is 1.66. The Hall–Kier alpha value is -0.570. The van der Waals surface area contributed by atoms with E-state index in [1.807, 2.05) is 6.07 Å². The molecule has 3 heteroatoms. The Morgan fingerprint density at radius 3 is 2.56 bits per heavy atom. The van der Waals surface area contributed by atoms with Crippen LogP contribution in [0.25, 0.3) is 0 Å².